The van der Waals surface area contributed by atoms with E-state index in [1.54, 1.807) is 0 Å². The maximum absolute atomic E-state index is 12.9. The summed E-state index contributed by atoms with van der Waals surface area (Å²) in [5.74, 6) is 0.639. The molecule has 4 rings (SSSR count). The van der Waals surface area contributed by atoms with Gasteiger partial charge in [-0.15, -0.1) is 0 Å². The Hall–Kier alpha value is -2.86. The topological polar surface area (TPSA) is 50.1 Å². The molecule has 0 atom stereocenters. The number of carbonyl (C=O) groups is 1. The monoisotopic (exact) mass is 364 g/mol. The van der Waals surface area contributed by atoms with Crippen molar-refractivity contribution in [2.45, 2.75) is 13.5 Å². The number of ether oxygens (including phenoxy) is 1. The summed E-state index contributed by atoms with van der Waals surface area (Å²) < 4.78 is 7.99. The number of aromatic nitrogens is 2. The number of aryl methyl sites for hydroxylation is 1. The van der Waals surface area contributed by atoms with Gasteiger partial charge >= 0.3 is 0 Å². The van der Waals surface area contributed by atoms with Crippen molar-refractivity contribution in [3.63, 3.8) is 0 Å². The van der Waals surface area contributed by atoms with Crippen molar-refractivity contribution in [3.05, 3.63) is 65.6 Å². The van der Waals surface area contributed by atoms with Gasteiger partial charge in [0, 0.05) is 38.6 Å². The average Bonchev–Trinajstić information content (AvgIpc) is 3.11. The highest BCUT2D eigenvalue weighted by atomic mass is 16.5. The first-order valence-electron chi connectivity index (χ1n) is 9.24. The molecule has 1 aromatic carbocycles. The van der Waals surface area contributed by atoms with Crippen LogP contribution in [0.25, 0.3) is 5.65 Å². The van der Waals surface area contributed by atoms with Crippen molar-refractivity contribution in [1.29, 1.82) is 0 Å². The minimum atomic E-state index is 0.0320. The van der Waals surface area contributed by atoms with E-state index in [-0.39, 0.29) is 5.91 Å². The molecule has 140 valence electrons. The molecule has 0 radical (unpaired) electrons. The molecule has 3 heterocycles. The Labute approximate surface area is 159 Å². The predicted octanol–water partition coefficient (Wildman–Crippen LogP) is 2.61. The van der Waals surface area contributed by atoms with Crippen molar-refractivity contribution >= 4 is 11.6 Å². The average molecular weight is 364 g/mol. The van der Waals surface area contributed by atoms with Gasteiger partial charge < -0.3 is 18.9 Å². The molecule has 2 aromatic heterocycles. The Morgan fingerprint density at radius 1 is 1.11 bits per heavy atom. The second kappa shape index (κ2) is 7.40. The van der Waals surface area contributed by atoms with Gasteiger partial charge in [0.05, 0.1) is 11.3 Å². The molecular formula is C21H24N4O2. The number of benzene rings is 1. The number of pyridine rings is 1. The molecule has 0 N–H and O–H groups in total. The number of hydrogen-bond acceptors (Lipinski definition) is 4. The SMILES string of the molecule is Cc1cccn2cc(COc3ccccc3C(=O)N3CCN(C)CC3)nc12. The zero-order valence-corrected chi connectivity index (χ0v) is 15.8. The Bertz CT molecular complexity index is 958. The molecule has 1 fully saturated rings. The normalized spacial score (nSPS) is 15.3. The number of rotatable bonds is 4. The predicted molar refractivity (Wildman–Crippen MR) is 104 cm³/mol. The standard InChI is InChI=1S/C21H24N4O2/c1-16-6-5-9-25-14-17(22-20(16)25)15-27-19-8-4-3-7-18(19)21(26)24-12-10-23(2)11-13-24/h3-9,14H,10-13,15H2,1-2H3. The summed E-state index contributed by atoms with van der Waals surface area (Å²) in [6, 6.07) is 11.5. The molecule has 6 heteroatoms. The minimum Gasteiger partial charge on any atom is -0.486 e. The number of fused-ring (bicyclic) bond motifs is 1. The fraction of sp³-hybridized carbons (Fsp3) is 0.333. The van der Waals surface area contributed by atoms with Crippen LogP contribution in [0.15, 0.2) is 48.8 Å². The van der Waals surface area contributed by atoms with Crippen LogP contribution in [0.1, 0.15) is 21.6 Å². The summed E-state index contributed by atoms with van der Waals surface area (Å²) in [5, 5.41) is 0. The molecule has 0 saturated carbocycles. The smallest absolute Gasteiger partial charge is 0.257 e. The fourth-order valence-corrected chi connectivity index (χ4v) is 3.37. The lowest BCUT2D eigenvalue weighted by atomic mass is 10.1. The van der Waals surface area contributed by atoms with Crippen LogP contribution in [0.2, 0.25) is 0 Å². The van der Waals surface area contributed by atoms with Gasteiger partial charge in [-0.1, -0.05) is 18.2 Å². The quantitative estimate of drug-likeness (QED) is 0.714. The highest BCUT2D eigenvalue weighted by Gasteiger charge is 2.23. The second-order valence-corrected chi connectivity index (χ2v) is 7.03. The first kappa shape index (κ1) is 17.5. The summed E-state index contributed by atoms with van der Waals surface area (Å²) >= 11 is 0. The van der Waals surface area contributed by atoms with Gasteiger partial charge in [0.1, 0.15) is 18.0 Å². The van der Waals surface area contributed by atoms with Crippen LogP contribution in [0.4, 0.5) is 0 Å². The van der Waals surface area contributed by atoms with E-state index in [0.29, 0.717) is 17.9 Å². The maximum Gasteiger partial charge on any atom is 0.257 e. The lowest BCUT2D eigenvalue weighted by Crippen LogP contribution is -2.47. The molecule has 1 amide bonds. The lowest BCUT2D eigenvalue weighted by Gasteiger charge is -2.32. The number of para-hydroxylation sites is 1. The summed E-state index contributed by atoms with van der Waals surface area (Å²) in [4.78, 5) is 21.7. The Morgan fingerprint density at radius 3 is 2.67 bits per heavy atom. The molecular weight excluding hydrogens is 340 g/mol. The second-order valence-electron chi connectivity index (χ2n) is 7.03. The van der Waals surface area contributed by atoms with Gasteiger partial charge in [-0.2, -0.15) is 0 Å². The summed E-state index contributed by atoms with van der Waals surface area (Å²) in [6.45, 7) is 5.65. The van der Waals surface area contributed by atoms with Crippen molar-refractivity contribution in [2.75, 3.05) is 33.2 Å². The largest absolute Gasteiger partial charge is 0.486 e. The van der Waals surface area contributed by atoms with Gasteiger partial charge in [-0.3, -0.25) is 4.79 Å². The summed E-state index contributed by atoms with van der Waals surface area (Å²) in [7, 11) is 2.08. The van der Waals surface area contributed by atoms with E-state index in [1.165, 1.54) is 0 Å². The molecule has 0 unspecified atom stereocenters. The number of amides is 1. The van der Waals surface area contributed by atoms with Crippen LogP contribution < -0.4 is 4.74 Å². The summed E-state index contributed by atoms with van der Waals surface area (Å²) in [6.07, 6.45) is 3.94. The third-order valence-electron chi connectivity index (χ3n) is 5.01. The van der Waals surface area contributed by atoms with Crippen LogP contribution in [-0.4, -0.2) is 58.3 Å². The van der Waals surface area contributed by atoms with Gasteiger partial charge in [0.2, 0.25) is 0 Å². The van der Waals surface area contributed by atoms with Gasteiger partial charge in [-0.25, -0.2) is 4.98 Å². The molecule has 3 aromatic rings. The zero-order chi connectivity index (χ0) is 18.8. The van der Waals surface area contributed by atoms with Crippen molar-refractivity contribution in [2.24, 2.45) is 0 Å². The number of piperazine rings is 1. The minimum absolute atomic E-state index is 0.0320. The van der Waals surface area contributed by atoms with Crippen molar-refractivity contribution < 1.29 is 9.53 Å². The van der Waals surface area contributed by atoms with E-state index in [9.17, 15) is 4.79 Å². The number of nitrogens with zero attached hydrogens (tertiary/aromatic N) is 4. The highest BCUT2D eigenvalue weighted by molar-refractivity contribution is 5.97. The van der Waals surface area contributed by atoms with E-state index in [1.807, 2.05) is 65.0 Å². The first-order valence-corrected chi connectivity index (χ1v) is 9.24. The third kappa shape index (κ3) is 3.66. The fourth-order valence-electron chi connectivity index (χ4n) is 3.37. The molecule has 0 aliphatic carbocycles. The Kier molecular flexibility index (Phi) is 4.81. The lowest BCUT2D eigenvalue weighted by molar-refractivity contribution is 0.0659. The van der Waals surface area contributed by atoms with Gasteiger partial charge in [-0.05, 0) is 37.7 Å². The molecule has 6 nitrogen and oxygen atoms in total. The number of likely N-dealkylation sites (N-methyl/N-ethyl adjacent to an activating group) is 1. The Balaban J connectivity index is 1.50. The van der Waals surface area contributed by atoms with Crippen LogP contribution in [-0.2, 0) is 6.61 Å². The van der Waals surface area contributed by atoms with E-state index in [0.717, 1.165) is 43.1 Å². The molecule has 0 spiro atoms. The van der Waals surface area contributed by atoms with Crippen LogP contribution in [0, 0.1) is 6.92 Å². The number of imidazole rings is 1. The van der Waals surface area contributed by atoms with Crippen LogP contribution >= 0.6 is 0 Å². The molecule has 0 bridgehead atoms. The molecule has 1 aliphatic rings. The van der Waals surface area contributed by atoms with Gasteiger partial charge in [0.25, 0.3) is 5.91 Å². The van der Waals surface area contributed by atoms with Crippen molar-refractivity contribution in [1.82, 2.24) is 19.2 Å². The third-order valence-corrected chi connectivity index (χ3v) is 5.01. The van der Waals surface area contributed by atoms with E-state index < -0.39 is 0 Å². The van der Waals surface area contributed by atoms with Crippen molar-refractivity contribution in [3.8, 4) is 5.75 Å². The maximum atomic E-state index is 12.9. The number of carbonyl (C=O) groups excluding carboxylic acids is 1. The van der Waals surface area contributed by atoms with Crippen LogP contribution in [0.5, 0.6) is 5.75 Å². The Morgan fingerprint density at radius 2 is 1.89 bits per heavy atom. The van der Waals surface area contributed by atoms with Gasteiger partial charge in [0.15, 0.2) is 0 Å². The molecule has 1 aliphatic heterocycles. The zero-order valence-electron chi connectivity index (χ0n) is 15.8. The van der Waals surface area contributed by atoms with Crippen LogP contribution in [0.3, 0.4) is 0 Å². The summed E-state index contributed by atoms with van der Waals surface area (Å²) in [5.41, 5.74) is 3.50. The molecule has 1 saturated heterocycles. The highest BCUT2D eigenvalue weighted by Crippen LogP contribution is 2.22. The van der Waals surface area contributed by atoms with E-state index >= 15 is 0 Å². The number of hydrogen-bond donors (Lipinski definition) is 0. The molecule has 27 heavy (non-hydrogen) atoms. The van der Waals surface area contributed by atoms with E-state index in [2.05, 4.69) is 16.9 Å². The first-order chi connectivity index (χ1) is 13.1. The van der Waals surface area contributed by atoms with E-state index in [4.69, 9.17) is 4.74 Å².